The summed E-state index contributed by atoms with van der Waals surface area (Å²) in [4.78, 5) is 4.54. The summed E-state index contributed by atoms with van der Waals surface area (Å²) in [6.45, 7) is 0.149. The van der Waals surface area contributed by atoms with Crippen molar-refractivity contribution >= 4 is 60.5 Å². The van der Waals surface area contributed by atoms with Crippen LogP contribution in [0, 0.1) is 0 Å². The monoisotopic (exact) mass is 400 g/mol. The van der Waals surface area contributed by atoms with Crippen LogP contribution in [-0.2, 0) is 16.6 Å². The number of aromatic nitrogens is 1. The van der Waals surface area contributed by atoms with Crippen molar-refractivity contribution < 1.29 is 8.42 Å². The molecule has 1 N–H and O–H groups in total. The average molecular weight is 402 g/mol. The molecule has 19 heavy (non-hydrogen) atoms. The molecule has 4 nitrogen and oxygen atoms in total. The van der Waals surface area contributed by atoms with Gasteiger partial charge in [-0.15, -0.1) is 11.3 Å². The van der Waals surface area contributed by atoms with E-state index >= 15 is 0 Å². The topological polar surface area (TPSA) is 59.1 Å². The van der Waals surface area contributed by atoms with Gasteiger partial charge in [-0.25, -0.2) is 13.1 Å². The maximum Gasteiger partial charge on any atom is 0.243 e. The molecule has 0 aliphatic heterocycles. The first-order valence-electron chi connectivity index (χ1n) is 4.92. The van der Waals surface area contributed by atoms with Gasteiger partial charge in [-0.05, 0) is 12.1 Å². The lowest BCUT2D eigenvalue weighted by molar-refractivity contribution is 0.582. The molecule has 2 rings (SSSR count). The highest BCUT2D eigenvalue weighted by molar-refractivity contribution is 9.10. The maximum absolute atomic E-state index is 12.2. The van der Waals surface area contributed by atoms with Crippen molar-refractivity contribution in [2.24, 2.45) is 0 Å². The number of hydrogen-bond acceptors (Lipinski definition) is 4. The summed E-state index contributed by atoms with van der Waals surface area (Å²) >= 11 is 16.4. The summed E-state index contributed by atoms with van der Waals surface area (Å²) in [7, 11) is -3.77. The van der Waals surface area contributed by atoms with Crippen molar-refractivity contribution in [3.63, 3.8) is 0 Å². The minimum absolute atomic E-state index is 0.0659. The Labute approximate surface area is 132 Å². The predicted octanol–water partition coefficient (Wildman–Crippen LogP) is 3.69. The van der Waals surface area contributed by atoms with Crippen LogP contribution in [0.3, 0.4) is 0 Å². The Morgan fingerprint density at radius 2 is 1.95 bits per heavy atom. The summed E-state index contributed by atoms with van der Waals surface area (Å²) in [5, 5.41) is 0.132. The second-order valence-electron chi connectivity index (χ2n) is 3.49. The molecule has 1 aromatic carbocycles. The molecule has 102 valence electrons. The molecule has 0 saturated heterocycles. The summed E-state index contributed by atoms with van der Waals surface area (Å²) < 4.78 is 27.4. The van der Waals surface area contributed by atoms with E-state index in [1.54, 1.807) is 11.7 Å². The molecule has 1 heterocycles. The van der Waals surface area contributed by atoms with E-state index in [1.165, 1.54) is 23.5 Å². The Bertz CT molecular complexity index is 667. The quantitative estimate of drug-likeness (QED) is 0.849. The molecule has 0 bridgehead atoms. The standard InChI is InChI=1S/C10H7BrCl2N2O2S2/c11-6-1-8(12)10(9(13)2-6)19(16,17)15-4-7-3-14-5-18-7/h1-3,5,15H,4H2. The van der Waals surface area contributed by atoms with E-state index in [2.05, 4.69) is 25.6 Å². The van der Waals surface area contributed by atoms with Crippen LogP contribution in [0.25, 0.3) is 0 Å². The van der Waals surface area contributed by atoms with Gasteiger partial charge in [-0.3, -0.25) is 4.98 Å². The number of halogens is 3. The molecule has 0 fully saturated rings. The highest BCUT2D eigenvalue weighted by Gasteiger charge is 2.22. The van der Waals surface area contributed by atoms with Crippen LogP contribution in [-0.4, -0.2) is 13.4 Å². The zero-order valence-corrected chi connectivity index (χ0v) is 14.0. The summed E-state index contributed by atoms with van der Waals surface area (Å²) in [6, 6.07) is 2.96. The van der Waals surface area contributed by atoms with Gasteiger partial charge >= 0.3 is 0 Å². The van der Waals surface area contributed by atoms with Crippen molar-refractivity contribution in [1.29, 1.82) is 0 Å². The number of benzene rings is 1. The number of nitrogens with zero attached hydrogens (tertiary/aromatic N) is 1. The lowest BCUT2D eigenvalue weighted by atomic mass is 10.4. The van der Waals surface area contributed by atoms with Crippen LogP contribution in [0.4, 0.5) is 0 Å². The molecular formula is C10H7BrCl2N2O2S2. The number of sulfonamides is 1. The number of rotatable bonds is 4. The van der Waals surface area contributed by atoms with Crippen molar-refractivity contribution in [2.75, 3.05) is 0 Å². The first-order valence-corrected chi connectivity index (χ1v) is 8.83. The summed E-state index contributed by atoms with van der Waals surface area (Å²) in [6.07, 6.45) is 1.60. The molecule has 0 atom stereocenters. The molecule has 2 aromatic rings. The molecule has 1 aromatic heterocycles. The van der Waals surface area contributed by atoms with Gasteiger partial charge in [0.05, 0.1) is 15.6 Å². The van der Waals surface area contributed by atoms with Crippen molar-refractivity contribution in [3.8, 4) is 0 Å². The van der Waals surface area contributed by atoms with Crippen LogP contribution in [0.1, 0.15) is 4.88 Å². The SMILES string of the molecule is O=S(=O)(NCc1cncs1)c1c(Cl)cc(Br)cc1Cl. The van der Waals surface area contributed by atoms with E-state index in [-0.39, 0.29) is 21.5 Å². The molecule has 0 aliphatic rings. The fourth-order valence-electron chi connectivity index (χ4n) is 1.35. The van der Waals surface area contributed by atoms with Crippen LogP contribution in [0.15, 0.2) is 33.2 Å². The molecule has 0 unspecified atom stereocenters. The largest absolute Gasteiger partial charge is 0.253 e. The Morgan fingerprint density at radius 3 is 2.47 bits per heavy atom. The summed E-state index contributed by atoms with van der Waals surface area (Å²) in [5.74, 6) is 0. The number of hydrogen-bond donors (Lipinski definition) is 1. The van der Waals surface area contributed by atoms with Gasteiger partial charge in [-0.2, -0.15) is 0 Å². The van der Waals surface area contributed by atoms with Crippen molar-refractivity contribution in [2.45, 2.75) is 11.4 Å². The Kier molecular flexibility index (Phi) is 4.86. The Balaban J connectivity index is 2.29. The average Bonchev–Trinajstić information content (AvgIpc) is 2.77. The van der Waals surface area contributed by atoms with E-state index in [0.29, 0.717) is 4.47 Å². The van der Waals surface area contributed by atoms with E-state index < -0.39 is 10.0 Å². The second kappa shape index (κ2) is 6.07. The normalized spacial score (nSPS) is 11.7. The van der Waals surface area contributed by atoms with Crippen molar-refractivity contribution in [3.05, 3.63) is 43.2 Å². The highest BCUT2D eigenvalue weighted by Crippen LogP contribution is 2.32. The number of thiazole rings is 1. The first kappa shape index (κ1) is 15.2. The minimum Gasteiger partial charge on any atom is -0.253 e. The predicted molar refractivity (Wildman–Crippen MR) is 80.3 cm³/mol. The van der Waals surface area contributed by atoms with Gasteiger partial charge in [0, 0.05) is 22.1 Å². The van der Waals surface area contributed by atoms with Gasteiger partial charge in [-0.1, -0.05) is 39.1 Å². The smallest absolute Gasteiger partial charge is 0.243 e. The number of nitrogens with one attached hydrogen (secondary N) is 1. The third-order valence-electron chi connectivity index (χ3n) is 2.15. The third kappa shape index (κ3) is 3.68. The third-order valence-corrected chi connectivity index (χ3v) is 5.71. The Hall–Kier alpha value is -0.180. The molecule has 0 radical (unpaired) electrons. The summed E-state index contributed by atoms with van der Waals surface area (Å²) in [5.41, 5.74) is 1.63. The molecule has 0 spiro atoms. The fourth-order valence-corrected chi connectivity index (χ4v) is 4.92. The zero-order chi connectivity index (χ0) is 14.0. The molecular weight excluding hydrogens is 395 g/mol. The van der Waals surface area contributed by atoms with E-state index in [4.69, 9.17) is 23.2 Å². The molecule has 9 heteroatoms. The highest BCUT2D eigenvalue weighted by atomic mass is 79.9. The van der Waals surface area contributed by atoms with Gasteiger partial charge in [0.2, 0.25) is 10.0 Å². The molecule has 0 amide bonds. The second-order valence-corrected chi connectivity index (χ2v) is 7.90. The lowest BCUT2D eigenvalue weighted by Gasteiger charge is -2.09. The van der Waals surface area contributed by atoms with E-state index in [1.807, 2.05) is 0 Å². The van der Waals surface area contributed by atoms with Gasteiger partial charge < -0.3 is 0 Å². The van der Waals surface area contributed by atoms with Gasteiger partial charge in [0.15, 0.2) is 0 Å². The Morgan fingerprint density at radius 1 is 1.32 bits per heavy atom. The molecule has 0 aliphatic carbocycles. The van der Waals surface area contributed by atoms with Crippen molar-refractivity contribution in [1.82, 2.24) is 9.71 Å². The first-order chi connectivity index (χ1) is 8.90. The van der Waals surface area contributed by atoms with Crippen LogP contribution >= 0.6 is 50.5 Å². The van der Waals surface area contributed by atoms with Crippen LogP contribution in [0.2, 0.25) is 10.0 Å². The zero-order valence-electron chi connectivity index (χ0n) is 9.23. The minimum atomic E-state index is -3.77. The van der Waals surface area contributed by atoms with Gasteiger partial charge in [0.1, 0.15) is 4.90 Å². The maximum atomic E-state index is 12.2. The van der Waals surface area contributed by atoms with Crippen LogP contribution < -0.4 is 4.72 Å². The fraction of sp³-hybridized carbons (Fsp3) is 0.100. The molecule has 0 saturated carbocycles. The lowest BCUT2D eigenvalue weighted by Crippen LogP contribution is -2.23. The van der Waals surface area contributed by atoms with Gasteiger partial charge in [0.25, 0.3) is 0 Å². The van der Waals surface area contributed by atoms with E-state index in [9.17, 15) is 8.42 Å². The van der Waals surface area contributed by atoms with Crippen LogP contribution in [0.5, 0.6) is 0 Å². The van der Waals surface area contributed by atoms with E-state index in [0.717, 1.165) is 4.88 Å².